The number of rotatable bonds is 6. The Morgan fingerprint density at radius 2 is 1.47 bits per heavy atom. The van der Waals surface area contributed by atoms with E-state index in [9.17, 15) is 35.7 Å². The van der Waals surface area contributed by atoms with E-state index in [0.717, 1.165) is 25.7 Å². The molecule has 0 radical (unpaired) electrons. The fourth-order valence-corrected chi connectivity index (χ4v) is 9.69. The Morgan fingerprint density at radius 1 is 0.824 bits per heavy atom. The van der Waals surface area contributed by atoms with Gasteiger partial charge in [-0.3, -0.25) is 0 Å². The van der Waals surface area contributed by atoms with E-state index in [1.54, 1.807) is 0 Å². The summed E-state index contributed by atoms with van der Waals surface area (Å²) in [5, 5.41) is 76.6. The first-order chi connectivity index (χ1) is 15.8. The van der Waals surface area contributed by atoms with E-state index in [1.165, 1.54) is 0 Å². The van der Waals surface area contributed by atoms with Gasteiger partial charge in [0.15, 0.2) is 0 Å². The molecule has 0 saturated heterocycles. The van der Waals surface area contributed by atoms with Gasteiger partial charge < -0.3 is 35.7 Å². The predicted octanol–water partition coefficient (Wildman–Crippen LogP) is 1.44. The van der Waals surface area contributed by atoms with Gasteiger partial charge in [0.2, 0.25) is 0 Å². The summed E-state index contributed by atoms with van der Waals surface area (Å²) in [6.45, 7) is 8.44. The Morgan fingerprint density at radius 3 is 2.12 bits per heavy atom. The lowest BCUT2D eigenvalue weighted by Crippen LogP contribution is -2.71. The molecule has 0 heterocycles. The number of aliphatic hydroxyl groups excluding tert-OH is 6. The van der Waals surface area contributed by atoms with Crippen molar-refractivity contribution in [3.05, 3.63) is 0 Å². The van der Waals surface area contributed by atoms with Crippen molar-refractivity contribution in [3.63, 3.8) is 0 Å². The van der Waals surface area contributed by atoms with Gasteiger partial charge in [-0.05, 0) is 66.6 Å². The fourth-order valence-electron chi connectivity index (χ4n) is 9.69. The first-order valence-electron chi connectivity index (χ1n) is 13.6. The first kappa shape index (κ1) is 26.8. The maximum Gasteiger partial charge on any atom is 0.0863 e. The summed E-state index contributed by atoms with van der Waals surface area (Å²) in [5.74, 6) is -1.08. The van der Waals surface area contributed by atoms with Gasteiger partial charge >= 0.3 is 0 Å². The molecule has 0 aromatic heterocycles. The number of fused-ring (bicyclic) bond motifs is 5. The maximum atomic E-state index is 12.3. The van der Waals surface area contributed by atoms with Crippen molar-refractivity contribution < 1.29 is 35.7 Å². The molecule has 14 atom stereocenters. The standard InChI is InChI=1S/C27H48O7/c1-14(13-28)6-5-7-15(2)19-22(32)23(33)24-26(19,4)11-9-18-25(3)10-8-16(29)21(31)20(25)17(30)12-27(18,24)34/h14-24,28-34H,5-13H2,1-4H3/t14?,15?,16-,17-,18?,19-,20-,21-,22+,23-,24+,25+,26+,27-/m0/s1. The molecule has 34 heavy (non-hydrogen) atoms. The zero-order chi connectivity index (χ0) is 25.2. The fraction of sp³-hybridized carbons (Fsp3) is 1.00. The SMILES string of the molecule is CC(CO)CCCC(C)[C@H]1[C@@H](O)[C@H](O)[C@@H]2[C@]1(C)CCC1[C@@]3(C)CC[C@H](O)[C@H](O)[C@@H]3[C@@H](O)C[C@]12O. The van der Waals surface area contributed by atoms with Crippen LogP contribution in [-0.4, -0.2) is 78.5 Å². The van der Waals surface area contributed by atoms with Crippen LogP contribution in [0.4, 0.5) is 0 Å². The third kappa shape index (κ3) is 3.80. The quantitative estimate of drug-likeness (QED) is 0.302. The monoisotopic (exact) mass is 484 g/mol. The lowest BCUT2D eigenvalue weighted by molar-refractivity contribution is -0.280. The largest absolute Gasteiger partial charge is 0.396 e. The molecule has 0 aromatic carbocycles. The average Bonchev–Trinajstić information content (AvgIpc) is 2.96. The number of hydrogen-bond donors (Lipinski definition) is 7. The van der Waals surface area contributed by atoms with E-state index in [-0.39, 0.29) is 36.7 Å². The Balaban J connectivity index is 1.63. The molecule has 0 aliphatic heterocycles. The minimum absolute atomic E-state index is 0.0425. The van der Waals surface area contributed by atoms with E-state index in [4.69, 9.17) is 0 Å². The molecule has 7 heteroatoms. The predicted molar refractivity (Wildman–Crippen MR) is 128 cm³/mol. The smallest absolute Gasteiger partial charge is 0.0863 e. The van der Waals surface area contributed by atoms with Crippen molar-refractivity contribution in [1.29, 1.82) is 0 Å². The van der Waals surface area contributed by atoms with Crippen LogP contribution >= 0.6 is 0 Å². The molecule has 4 fully saturated rings. The van der Waals surface area contributed by atoms with E-state index in [0.29, 0.717) is 19.3 Å². The van der Waals surface area contributed by atoms with Crippen molar-refractivity contribution in [2.45, 2.75) is 115 Å². The summed E-state index contributed by atoms with van der Waals surface area (Å²) in [7, 11) is 0. The lowest BCUT2D eigenvalue weighted by Gasteiger charge is -2.66. The van der Waals surface area contributed by atoms with Crippen LogP contribution in [0.5, 0.6) is 0 Å². The summed E-state index contributed by atoms with van der Waals surface area (Å²) in [6.07, 6.45) is 0.372. The second-order valence-electron chi connectivity index (χ2n) is 13.2. The molecule has 4 aliphatic carbocycles. The molecule has 198 valence electrons. The van der Waals surface area contributed by atoms with Gasteiger partial charge in [-0.15, -0.1) is 0 Å². The summed E-state index contributed by atoms with van der Waals surface area (Å²) in [6, 6.07) is 0. The zero-order valence-electron chi connectivity index (χ0n) is 21.3. The highest BCUT2D eigenvalue weighted by atomic mass is 16.3. The normalized spacial score (nSPS) is 54.6. The zero-order valence-corrected chi connectivity index (χ0v) is 21.3. The molecule has 4 aliphatic rings. The van der Waals surface area contributed by atoms with Crippen molar-refractivity contribution in [2.24, 2.45) is 46.3 Å². The topological polar surface area (TPSA) is 142 Å². The highest BCUT2D eigenvalue weighted by molar-refractivity contribution is 5.22. The van der Waals surface area contributed by atoms with Crippen LogP contribution in [0.3, 0.4) is 0 Å². The molecular weight excluding hydrogens is 436 g/mol. The van der Waals surface area contributed by atoms with Crippen LogP contribution in [-0.2, 0) is 0 Å². The van der Waals surface area contributed by atoms with Gasteiger partial charge in [0, 0.05) is 24.9 Å². The third-order valence-corrected chi connectivity index (χ3v) is 11.2. The van der Waals surface area contributed by atoms with Gasteiger partial charge in [0.1, 0.15) is 0 Å². The second-order valence-corrected chi connectivity index (χ2v) is 13.2. The molecule has 4 saturated carbocycles. The molecule has 4 rings (SSSR count). The van der Waals surface area contributed by atoms with Gasteiger partial charge in [-0.1, -0.05) is 40.5 Å². The van der Waals surface area contributed by atoms with Crippen LogP contribution in [0.1, 0.15) is 79.1 Å². The van der Waals surface area contributed by atoms with Crippen LogP contribution in [0.15, 0.2) is 0 Å². The Kier molecular flexibility index (Phi) is 7.27. The molecule has 3 unspecified atom stereocenters. The third-order valence-electron chi connectivity index (χ3n) is 11.2. The summed E-state index contributed by atoms with van der Waals surface area (Å²) in [5.41, 5.74) is -2.37. The van der Waals surface area contributed by atoms with Gasteiger partial charge in [-0.25, -0.2) is 0 Å². The van der Waals surface area contributed by atoms with E-state index in [2.05, 4.69) is 13.8 Å². The van der Waals surface area contributed by atoms with Crippen molar-refractivity contribution in [3.8, 4) is 0 Å². The molecule has 0 spiro atoms. The Labute approximate surface area is 204 Å². The lowest BCUT2D eigenvalue weighted by atomic mass is 9.41. The summed E-state index contributed by atoms with van der Waals surface area (Å²) >= 11 is 0. The van der Waals surface area contributed by atoms with Gasteiger partial charge in [0.25, 0.3) is 0 Å². The first-order valence-corrected chi connectivity index (χ1v) is 13.6. The average molecular weight is 485 g/mol. The van der Waals surface area contributed by atoms with E-state index < -0.39 is 58.8 Å². The van der Waals surface area contributed by atoms with Crippen LogP contribution < -0.4 is 0 Å². The number of aliphatic hydroxyl groups is 7. The van der Waals surface area contributed by atoms with E-state index >= 15 is 0 Å². The van der Waals surface area contributed by atoms with Crippen molar-refractivity contribution in [1.82, 2.24) is 0 Å². The number of hydrogen-bond acceptors (Lipinski definition) is 7. The Hall–Kier alpha value is -0.280. The van der Waals surface area contributed by atoms with Gasteiger partial charge in [-0.2, -0.15) is 0 Å². The van der Waals surface area contributed by atoms with Crippen LogP contribution in [0.2, 0.25) is 0 Å². The highest BCUT2D eigenvalue weighted by Gasteiger charge is 2.73. The van der Waals surface area contributed by atoms with Crippen LogP contribution in [0.25, 0.3) is 0 Å². The molecule has 7 nitrogen and oxygen atoms in total. The summed E-state index contributed by atoms with van der Waals surface area (Å²) in [4.78, 5) is 0. The minimum atomic E-state index is -1.35. The highest BCUT2D eigenvalue weighted by Crippen LogP contribution is 2.69. The molecule has 7 N–H and O–H groups in total. The minimum Gasteiger partial charge on any atom is -0.396 e. The van der Waals surface area contributed by atoms with Crippen LogP contribution in [0, 0.1) is 46.3 Å². The molecule has 0 aromatic rings. The van der Waals surface area contributed by atoms with Crippen molar-refractivity contribution >= 4 is 0 Å². The maximum absolute atomic E-state index is 12.3. The Bertz CT molecular complexity index is 734. The molecule has 0 amide bonds. The molecular formula is C27H48O7. The second kappa shape index (κ2) is 9.23. The van der Waals surface area contributed by atoms with E-state index in [1.807, 2.05) is 13.8 Å². The molecule has 0 bridgehead atoms. The van der Waals surface area contributed by atoms with Crippen molar-refractivity contribution in [2.75, 3.05) is 6.61 Å². The summed E-state index contributed by atoms with van der Waals surface area (Å²) < 4.78 is 0. The van der Waals surface area contributed by atoms with Gasteiger partial charge in [0.05, 0.1) is 36.1 Å².